The summed E-state index contributed by atoms with van der Waals surface area (Å²) in [7, 11) is 1.31. The fourth-order valence-corrected chi connectivity index (χ4v) is 3.17. The molecule has 2 aromatic rings. The Morgan fingerprint density at radius 1 is 1.07 bits per heavy atom. The molecule has 7 heteroatoms. The fourth-order valence-electron chi connectivity index (χ4n) is 3.17. The number of aliphatic hydroxyl groups excluding tert-OH is 3. The number of fused-ring (bicyclic) bond motifs is 1. The monoisotopic (exact) mass is 416 g/mol. The summed E-state index contributed by atoms with van der Waals surface area (Å²) in [5.41, 5.74) is 2.32. The van der Waals surface area contributed by atoms with E-state index in [2.05, 4.69) is 21.6 Å². The lowest BCUT2D eigenvalue weighted by Crippen LogP contribution is -2.23. The van der Waals surface area contributed by atoms with Gasteiger partial charge in [-0.25, -0.2) is 9.97 Å². The summed E-state index contributed by atoms with van der Waals surface area (Å²) >= 11 is 0. The summed E-state index contributed by atoms with van der Waals surface area (Å²) in [6.07, 6.45) is 4.56. The summed E-state index contributed by atoms with van der Waals surface area (Å²) in [5.74, 6) is -0.347. The lowest BCUT2D eigenvalue weighted by Gasteiger charge is -2.15. The average Bonchev–Trinajstić information content (AvgIpc) is 2.76. The first kappa shape index (κ1) is 23.9. The van der Waals surface area contributed by atoms with Crippen molar-refractivity contribution in [3.05, 3.63) is 41.7 Å². The second-order valence-corrected chi connectivity index (χ2v) is 7.38. The molecule has 1 heterocycles. The number of hydrogen-bond acceptors (Lipinski definition) is 7. The Morgan fingerprint density at radius 2 is 1.77 bits per heavy atom. The number of para-hydroxylation sites is 2. The van der Waals surface area contributed by atoms with Crippen LogP contribution in [0.25, 0.3) is 17.1 Å². The molecule has 0 amide bonds. The highest BCUT2D eigenvalue weighted by molar-refractivity contribution is 5.75. The first-order chi connectivity index (χ1) is 14.5. The maximum atomic E-state index is 11.2. The average molecular weight is 417 g/mol. The third-order valence-corrected chi connectivity index (χ3v) is 4.98. The molecule has 3 N–H and O–H groups in total. The zero-order valence-corrected chi connectivity index (χ0v) is 17.7. The normalized spacial score (nSPS) is 14.7. The van der Waals surface area contributed by atoms with E-state index in [4.69, 9.17) is 0 Å². The molecular weight excluding hydrogens is 384 g/mol. The molecule has 0 fully saturated rings. The van der Waals surface area contributed by atoms with Crippen LogP contribution in [-0.4, -0.2) is 50.6 Å². The maximum absolute atomic E-state index is 11.2. The van der Waals surface area contributed by atoms with Crippen LogP contribution < -0.4 is 0 Å². The molecule has 0 saturated carbocycles. The number of carbonyl (C=O) groups is 1. The van der Waals surface area contributed by atoms with Crippen molar-refractivity contribution in [2.24, 2.45) is 0 Å². The van der Waals surface area contributed by atoms with Crippen molar-refractivity contribution in [1.82, 2.24) is 9.97 Å². The van der Waals surface area contributed by atoms with Crippen molar-refractivity contribution in [3.8, 4) is 0 Å². The molecule has 0 aliphatic heterocycles. The number of aliphatic hydroxyl groups is 3. The standard InChI is InChI=1S/C23H32N2O5/c1-3-4-5-11-21(28)23-18(24-16-9-6-7-10-17(16)25-23)14-15-20(27)19(26)12-8-13-22(29)30-2/h6-7,9-10,14-15,19-21,26-28H,3-5,8,11-13H2,1-2H3/b15-14+/t19-,20+,21-/m0/s1. The number of unbranched alkanes of at least 4 members (excludes halogenated alkanes) is 2. The molecule has 0 aliphatic rings. The Balaban J connectivity index is 2.15. The van der Waals surface area contributed by atoms with E-state index in [0.29, 0.717) is 35.3 Å². The summed E-state index contributed by atoms with van der Waals surface area (Å²) in [6, 6.07) is 7.42. The van der Waals surface area contributed by atoms with Crippen LogP contribution in [-0.2, 0) is 9.53 Å². The molecule has 1 aromatic heterocycles. The predicted octanol–water partition coefficient (Wildman–Crippen LogP) is 3.32. The number of methoxy groups -OCH3 is 1. The Bertz CT molecular complexity index is 839. The highest BCUT2D eigenvalue weighted by Gasteiger charge is 2.18. The van der Waals surface area contributed by atoms with Gasteiger partial charge in [-0.05, 0) is 37.5 Å². The predicted molar refractivity (Wildman–Crippen MR) is 116 cm³/mol. The molecule has 1 aromatic carbocycles. The third kappa shape index (κ3) is 7.16. The van der Waals surface area contributed by atoms with Gasteiger partial charge < -0.3 is 20.1 Å². The number of ether oxygens (including phenoxy) is 1. The molecule has 3 atom stereocenters. The SMILES string of the molecule is CCCCC[C@H](O)c1nc2ccccc2nc1/C=C/[C@@H](O)[C@@H](O)CCCC(=O)OC. The van der Waals surface area contributed by atoms with Crippen molar-refractivity contribution in [1.29, 1.82) is 0 Å². The minimum absolute atomic E-state index is 0.189. The quantitative estimate of drug-likeness (QED) is 0.359. The van der Waals surface area contributed by atoms with Gasteiger partial charge in [0.15, 0.2) is 0 Å². The van der Waals surface area contributed by atoms with Crippen molar-refractivity contribution in [2.45, 2.75) is 70.2 Å². The van der Waals surface area contributed by atoms with E-state index in [1.807, 2.05) is 24.3 Å². The highest BCUT2D eigenvalue weighted by atomic mass is 16.5. The van der Waals surface area contributed by atoms with Crippen LogP contribution in [0.1, 0.15) is 69.4 Å². The minimum atomic E-state index is -1.12. The lowest BCUT2D eigenvalue weighted by atomic mass is 10.0. The largest absolute Gasteiger partial charge is 0.469 e. The first-order valence-electron chi connectivity index (χ1n) is 10.5. The van der Waals surface area contributed by atoms with Gasteiger partial charge in [-0.3, -0.25) is 4.79 Å². The maximum Gasteiger partial charge on any atom is 0.305 e. The molecule has 0 saturated heterocycles. The van der Waals surface area contributed by atoms with Gasteiger partial charge in [0.25, 0.3) is 0 Å². The van der Waals surface area contributed by atoms with Gasteiger partial charge in [-0.1, -0.05) is 44.4 Å². The molecule has 0 aliphatic carbocycles. The Hall–Kier alpha value is -2.35. The van der Waals surface area contributed by atoms with Gasteiger partial charge in [-0.15, -0.1) is 0 Å². The van der Waals surface area contributed by atoms with Gasteiger partial charge in [0.2, 0.25) is 0 Å². The van der Waals surface area contributed by atoms with E-state index in [1.165, 1.54) is 13.2 Å². The molecule has 0 unspecified atom stereocenters. The number of hydrogen-bond donors (Lipinski definition) is 3. The molecule has 0 spiro atoms. The van der Waals surface area contributed by atoms with Gasteiger partial charge in [0.1, 0.15) is 0 Å². The summed E-state index contributed by atoms with van der Waals surface area (Å²) < 4.78 is 4.57. The number of nitrogens with zero attached hydrogens (tertiary/aromatic N) is 2. The smallest absolute Gasteiger partial charge is 0.305 e. The Labute approximate surface area is 177 Å². The van der Waals surface area contributed by atoms with Crippen LogP contribution in [0.3, 0.4) is 0 Å². The van der Waals surface area contributed by atoms with Crippen LogP contribution in [0.15, 0.2) is 30.3 Å². The molecule has 30 heavy (non-hydrogen) atoms. The number of rotatable bonds is 12. The van der Waals surface area contributed by atoms with Gasteiger partial charge in [0.05, 0.1) is 47.8 Å². The van der Waals surface area contributed by atoms with E-state index in [1.54, 1.807) is 6.08 Å². The Morgan fingerprint density at radius 3 is 2.43 bits per heavy atom. The van der Waals surface area contributed by atoms with Gasteiger partial charge >= 0.3 is 5.97 Å². The minimum Gasteiger partial charge on any atom is -0.469 e. The lowest BCUT2D eigenvalue weighted by molar-refractivity contribution is -0.140. The van der Waals surface area contributed by atoms with Crippen LogP contribution in [0.2, 0.25) is 0 Å². The molecule has 0 radical (unpaired) electrons. The van der Waals surface area contributed by atoms with Crippen LogP contribution in [0.4, 0.5) is 0 Å². The zero-order valence-electron chi connectivity index (χ0n) is 17.7. The summed E-state index contributed by atoms with van der Waals surface area (Å²) in [5, 5.41) is 31.1. The van der Waals surface area contributed by atoms with E-state index in [0.717, 1.165) is 19.3 Å². The number of aromatic nitrogens is 2. The summed E-state index contributed by atoms with van der Waals surface area (Å²) in [6.45, 7) is 2.11. The fraction of sp³-hybridized carbons (Fsp3) is 0.522. The molecule has 0 bridgehead atoms. The molecule has 7 nitrogen and oxygen atoms in total. The van der Waals surface area contributed by atoms with E-state index >= 15 is 0 Å². The van der Waals surface area contributed by atoms with Crippen LogP contribution >= 0.6 is 0 Å². The number of esters is 1. The number of benzene rings is 1. The van der Waals surface area contributed by atoms with Crippen molar-refractivity contribution < 1.29 is 24.9 Å². The topological polar surface area (TPSA) is 113 Å². The van der Waals surface area contributed by atoms with E-state index in [9.17, 15) is 20.1 Å². The molecule has 164 valence electrons. The van der Waals surface area contributed by atoms with E-state index < -0.39 is 18.3 Å². The van der Waals surface area contributed by atoms with Crippen molar-refractivity contribution >= 4 is 23.1 Å². The second-order valence-electron chi connectivity index (χ2n) is 7.38. The van der Waals surface area contributed by atoms with E-state index in [-0.39, 0.29) is 18.8 Å². The van der Waals surface area contributed by atoms with Gasteiger partial charge in [-0.2, -0.15) is 0 Å². The zero-order chi connectivity index (χ0) is 21.9. The van der Waals surface area contributed by atoms with Crippen molar-refractivity contribution in [2.75, 3.05) is 7.11 Å². The number of carbonyl (C=O) groups excluding carboxylic acids is 1. The second kappa shape index (κ2) is 12.4. The Kier molecular flexibility index (Phi) is 9.86. The third-order valence-electron chi connectivity index (χ3n) is 4.98. The first-order valence-corrected chi connectivity index (χ1v) is 10.5. The van der Waals surface area contributed by atoms with Crippen LogP contribution in [0.5, 0.6) is 0 Å². The van der Waals surface area contributed by atoms with Crippen LogP contribution in [0, 0.1) is 0 Å². The highest BCUT2D eigenvalue weighted by Crippen LogP contribution is 2.24. The van der Waals surface area contributed by atoms with Crippen molar-refractivity contribution in [3.63, 3.8) is 0 Å². The van der Waals surface area contributed by atoms with Gasteiger partial charge in [0, 0.05) is 6.42 Å². The summed E-state index contributed by atoms with van der Waals surface area (Å²) in [4.78, 5) is 20.3. The molecular formula is C23H32N2O5. The molecule has 2 rings (SSSR count).